The van der Waals surface area contributed by atoms with Crippen molar-refractivity contribution in [3.05, 3.63) is 29.3 Å². The standard InChI is InChI=1S/C16H22N2O5S/c1-11-3-4-12(2)14(9-11)24(21,22)17-8-7-16(20)23-10-15(19)18-13-5-6-13/h3-4,9,13,17H,5-8,10H2,1-2H3,(H,18,19). The zero-order chi connectivity index (χ0) is 17.7. The van der Waals surface area contributed by atoms with E-state index >= 15 is 0 Å². The lowest BCUT2D eigenvalue weighted by atomic mass is 10.2. The minimum Gasteiger partial charge on any atom is -0.456 e. The van der Waals surface area contributed by atoms with Gasteiger partial charge in [-0.2, -0.15) is 0 Å². The fourth-order valence-corrected chi connectivity index (χ4v) is 3.44. The van der Waals surface area contributed by atoms with Gasteiger partial charge in [0.1, 0.15) is 0 Å². The summed E-state index contributed by atoms with van der Waals surface area (Å²) in [4.78, 5) is 23.1. The Morgan fingerprint density at radius 1 is 1.25 bits per heavy atom. The van der Waals surface area contributed by atoms with E-state index in [1.807, 2.05) is 13.0 Å². The number of hydrogen-bond donors (Lipinski definition) is 2. The fourth-order valence-electron chi connectivity index (χ4n) is 2.08. The van der Waals surface area contributed by atoms with Crippen molar-refractivity contribution >= 4 is 21.9 Å². The minimum absolute atomic E-state index is 0.0845. The molecule has 0 aliphatic heterocycles. The van der Waals surface area contributed by atoms with Crippen molar-refractivity contribution < 1.29 is 22.7 Å². The predicted molar refractivity (Wildman–Crippen MR) is 87.8 cm³/mol. The number of ether oxygens (including phenoxy) is 1. The summed E-state index contributed by atoms with van der Waals surface area (Å²) in [5.41, 5.74) is 1.47. The Balaban J connectivity index is 1.76. The van der Waals surface area contributed by atoms with E-state index in [2.05, 4.69) is 10.0 Å². The van der Waals surface area contributed by atoms with Crippen molar-refractivity contribution in [3.63, 3.8) is 0 Å². The number of aryl methyl sites for hydroxylation is 2. The van der Waals surface area contributed by atoms with Gasteiger partial charge in [-0.1, -0.05) is 12.1 Å². The molecule has 24 heavy (non-hydrogen) atoms. The lowest BCUT2D eigenvalue weighted by molar-refractivity contribution is -0.148. The van der Waals surface area contributed by atoms with Gasteiger partial charge in [0.15, 0.2) is 6.61 Å². The molecule has 1 amide bonds. The van der Waals surface area contributed by atoms with Crippen molar-refractivity contribution in [2.75, 3.05) is 13.2 Å². The largest absolute Gasteiger partial charge is 0.456 e. The summed E-state index contributed by atoms with van der Waals surface area (Å²) in [6, 6.07) is 5.35. The lowest BCUT2D eigenvalue weighted by Crippen LogP contribution is -2.31. The van der Waals surface area contributed by atoms with Crippen LogP contribution in [0.25, 0.3) is 0 Å². The third kappa shape index (κ3) is 5.61. The molecule has 1 aliphatic carbocycles. The third-order valence-corrected chi connectivity index (χ3v) is 5.16. The van der Waals surface area contributed by atoms with Crippen molar-refractivity contribution in [1.82, 2.24) is 10.0 Å². The SMILES string of the molecule is Cc1ccc(C)c(S(=O)(=O)NCCC(=O)OCC(=O)NC2CC2)c1. The van der Waals surface area contributed by atoms with Crippen LogP contribution in [0.1, 0.15) is 30.4 Å². The van der Waals surface area contributed by atoms with E-state index in [1.165, 1.54) is 0 Å². The summed E-state index contributed by atoms with van der Waals surface area (Å²) < 4.78 is 31.7. The molecule has 2 N–H and O–H groups in total. The van der Waals surface area contributed by atoms with E-state index < -0.39 is 16.0 Å². The summed E-state index contributed by atoms with van der Waals surface area (Å²) in [6.45, 7) is 3.10. The molecule has 0 atom stereocenters. The van der Waals surface area contributed by atoms with Crippen LogP contribution in [0.5, 0.6) is 0 Å². The Bertz CT molecular complexity index is 726. The number of benzene rings is 1. The van der Waals surface area contributed by atoms with Gasteiger partial charge in [-0.05, 0) is 43.9 Å². The quantitative estimate of drug-likeness (QED) is 0.672. The number of sulfonamides is 1. The smallest absolute Gasteiger partial charge is 0.307 e. The van der Waals surface area contributed by atoms with Crippen LogP contribution in [0.15, 0.2) is 23.1 Å². The maximum atomic E-state index is 12.3. The van der Waals surface area contributed by atoms with Crippen LogP contribution in [0.4, 0.5) is 0 Å². The summed E-state index contributed by atoms with van der Waals surface area (Å²) in [7, 11) is -3.69. The minimum atomic E-state index is -3.69. The molecule has 1 fully saturated rings. The maximum absolute atomic E-state index is 12.3. The Morgan fingerprint density at radius 2 is 1.96 bits per heavy atom. The van der Waals surface area contributed by atoms with Crippen molar-refractivity contribution in [3.8, 4) is 0 Å². The Hall–Kier alpha value is -1.93. The molecule has 0 spiro atoms. The van der Waals surface area contributed by atoms with Gasteiger partial charge in [0, 0.05) is 12.6 Å². The molecule has 1 aliphatic rings. The first-order valence-electron chi connectivity index (χ1n) is 7.80. The van der Waals surface area contributed by atoms with Gasteiger partial charge in [0.05, 0.1) is 11.3 Å². The number of hydrogen-bond acceptors (Lipinski definition) is 5. The second kappa shape index (κ2) is 7.76. The molecular weight excluding hydrogens is 332 g/mol. The monoisotopic (exact) mass is 354 g/mol. The molecule has 0 heterocycles. The highest BCUT2D eigenvalue weighted by atomic mass is 32.2. The molecule has 0 saturated heterocycles. The van der Waals surface area contributed by atoms with Crippen LogP contribution in [-0.2, 0) is 24.3 Å². The first kappa shape index (κ1) is 18.4. The predicted octanol–water partition coefficient (Wildman–Crippen LogP) is 0.794. The maximum Gasteiger partial charge on any atom is 0.307 e. The van der Waals surface area contributed by atoms with E-state index in [0.29, 0.717) is 5.56 Å². The number of amides is 1. The molecule has 2 rings (SSSR count). The molecule has 0 radical (unpaired) electrons. The number of rotatable bonds is 8. The van der Waals surface area contributed by atoms with Gasteiger partial charge in [-0.25, -0.2) is 13.1 Å². The van der Waals surface area contributed by atoms with Gasteiger partial charge in [-0.15, -0.1) is 0 Å². The third-order valence-electron chi connectivity index (χ3n) is 3.56. The van der Waals surface area contributed by atoms with Crippen LogP contribution in [0, 0.1) is 13.8 Å². The number of carbonyl (C=O) groups is 2. The highest BCUT2D eigenvalue weighted by molar-refractivity contribution is 7.89. The normalized spacial score (nSPS) is 14.2. The summed E-state index contributed by atoms with van der Waals surface area (Å²) >= 11 is 0. The number of nitrogens with one attached hydrogen (secondary N) is 2. The second-order valence-electron chi connectivity index (χ2n) is 5.92. The Morgan fingerprint density at radius 3 is 2.62 bits per heavy atom. The highest BCUT2D eigenvalue weighted by Crippen LogP contribution is 2.18. The molecule has 0 bridgehead atoms. The molecule has 7 nitrogen and oxygen atoms in total. The number of esters is 1. The van der Waals surface area contributed by atoms with Crippen LogP contribution < -0.4 is 10.0 Å². The van der Waals surface area contributed by atoms with Crippen LogP contribution >= 0.6 is 0 Å². The van der Waals surface area contributed by atoms with Gasteiger partial charge in [-0.3, -0.25) is 9.59 Å². The van der Waals surface area contributed by atoms with E-state index in [-0.39, 0.29) is 36.4 Å². The molecule has 1 aromatic carbocycles. The van der Waals surface area contributed by atoms with E-state index in [9.17, 15) is 18.0 Å². The fraction of sp³-hybridized carbons (Fsp3) is 0.500. The molecule has 0 unspecified atom stereocenters. The van der Waals surface area contributed by atoms with Crippen molar-refractivity contribution in [1.29, 1.82) is 0 Å². The van der Waals surface area contributed by atoms with Gasteiger partial charge in [0.2, 0.25) is 10.0 Å². The first-order valence-corrected chi connectivity index (χ1v) is 9.28. The van der Waals surface area contributed by atoms with E-state index in [1.54, 1.807) is 19.1 Å². The van der Waals surface area contributed by atoms with Crippen LogP contribution in [0.3, 0.4) is 0 Å². The highest BCUT2D eigenvalue weighted by Gasteiger charge is 2.23. The first-order chi connectivity index (χ1) is 11.3. The zero-order valence-electron chi connectivity index (χ0n) is 13.8. The lowest BCUT2D eigenvalue weighted by Gasteiger charge is -2.10. The molecule has 1 aromatic rings. The van der Waals surface area contributed by atoms with Crippen LogP contribution in [0.2, 0.25) is 0 Å². The van der Waals surface area contributed by atoms with Gasteiger partial charge >= 0.3 is 5.97 Å². The molecule has 132 valence electrons. The summed E-state index contributed by atoms with van der Waals surface area (Å²) in [5.74, 6) is -0.952. The van der Waals surface area contributed by atoms with E-state index in [4.69, 9.17) is 4.74 Å². The molecule has 0 aromatic heterocycles. The zero-order valence-corrected chi connectivity index (χ0v) is 14.6. The van der Waals surface area contributed by atoms with E-state index in [0.717, 1.165) is 18.4 Å². The molecular formula is C16H22N2O5S. The summed E-state index contributed by atoms with van der Waals surface area (Å²) in [6.07, 6.45) is 1.78. The van der Waals surface area contributed by atoms with Crippen LogP contribution in [-0.4, -0.2) is 39.5 Å². The van der Waals surface area contributed by atoms with Crippen molar-refractivity contribution in [2.45, 2.75) is 44.0 Å². The Labute approximate surface area is 141 Å². The van der Waals surface area contributed by atoms with Gasteiger partial charge in [0.25, 0.3) is 5.91 Å². The summed E-state index contributed by atoms with van der Waals surface area (Å²) in [5, 5.41) is 2.69. The Kier molecular flexibility index (Phi) is 5.95. The van der Waals surface area contributed by atoms with Gasteiger partial charge < -0.3 is 10.1 Å². The molecule has 8 heteroatoms. The molecule has 1 saturated carbocycles. The second-order valence-corrected chi connectivity index (χ2v) is 7.65. The average molecular weight is 354 g/mol. The average Bonchev–Trinajstić information content (AvgIpc) is 3.31. The topological polar surface area (TPSA) is 102 Å². The number of carbonyl (C=O) groups excluding carboxylic acids is 2. The van der Waals surface area contributed by atoms with Crippen molar-refractivity contribution in [2.24, 2.45) is 0 Å².